The van der Waals surface area contributed by atoms with Gasteiger partial charge < -0.3 is 10.1 Å². The Bertz CT molecular complexity index is 610. The van der Waals surface area contributed by atoms with Crippen LogP contribution in [0.1, 0.15) is 17.5 Å². The second kappa shape index (κ2) is 5.83. The minimum absolute atomic E-state index is 0.0301. The van der Waals surface area contributed by atoms with Gasteiger partial charge in [-0.1, -0.05) is 17.7 Å². The number of nitrogens with one attached hydrogen (secondary N) is 1. The second-order valence-corrected chi connectivity index (χ2v) is 7.45. The fraction of sp³-hybridized carbons (Fsp3) is 0.500. The number of hydrogen-bond acceptors (Lipinski definition) is 4. The fourth-order valence-electron chi connectivity index (χ4n) is 2.28. The molecule has 2 rings (SSSR count). The van der Waals surface area contributed by atoms with E-state index in [-0.39, 0.29) is 30.1 Å². The molecule has 1 aromatic carbocycles. The van der Waals surface area contributed by atoms with E-state index in [4.69, 9.17) is 4.74 Å². The van der Waals surface area contributed by atoms with Crippen molar-refractivity contribution >= 4 is 15.7 Å². The Morgan fingerprint density at radius 2 is 2.15 bits per heavy atom. The standard InChI is InChI=1S/C14H19NO4S/c1-10-3-4-13(11(2)7-10)19-8-14(16)15-12-5-6-20(17,18)9-12/h3-4,7,12H,5-6,8-9H2,1-2H3,(H,15,16)/t12-/m1/s1. The van der Waals surface area contributed by atoms with E-state index in [9.17, 15) is 13.2 Å². The molecule has 1 aliphatic rings. The van der Waals surface area contributed by atoms with Crippen LogP contribution >= 0.6 is 0 Å². The summed E-state index contributed by atoms with van der Waals surface area (Å²) in [5.74, 6) is 0.565. The molecule has 0 saturated carbocycles. The van der Waals surface area contributed by atoms with E-state index < -0.39 is 9.84 Å². The average Bonchev–Trinajstić information content (AvgIpc) is 2.67. The first-order valence-electron chi connectivity index (χ1n) is 6.55. The molecule has 6 heteroatoms. The Morgan fingerprint density at radius 3 is 2.75 bits per heavy atom. The maximum Gasteiger partial charge on any atom is 0.258 e. The molecular weight excluding hydrogens is 278 g/mol. The highest BCUT2D eigenvalue weighted by Gasteiger charge is 2.28. The van der Waals surface area contributed by atoms with E-state index >= 15 is 0 Å². The van der Waals surface area contributed by atoms with Crippen LogP contribution in [0.5, 0.6) is 5.75 Å². The van der Waals surface area contributed by atoms with Gasteiger partial charge in [0.1, 0.15) is 5.75 Å². The molecule has 1 N–H and O–H groups in total. The number of aryl methyl sites for hydroxylation is 2. The van der Waals surface area contributed by atoms with Gasteiger partial charge in [-0.05, 0) is 31.9 Å². The predicted molar refractivity (Wildman–Crippen MR) is 76.6 cm³/mol. The maximum atomic E-state index is 11.7. The van der Waals surface area contributed by atoms with Gasteiger partial charge in [0.15, 0.2) is 16.4 Å². The lowest BCUT2D eigenvalue weighted by Crippen LogP contribution is -2.38. The molecule has 0 bridgehead atoms. The molecule has 1 aromatic rings. The van der Waals surface area contributed by atoms with E-state index in [0.29, 0.717) is 12.2 Å². The Hall–Kier alpha value is -1.56. The van der Waals surface area contributed by atoms with Gasteiger partial charge in [-0.2, -0.15) is 0 Å². The lowest BCUT2D eigenvalue weighted by Gasteiger charge is -2.13. The lowest BCUT2D eigenvalue weighted by atomic mass is 10.1. The van der Waals surface area contributed by atoms with Crippen molar-refractivity contribution < 1.29 is 17.9 Å². The molecule has 0 aromatic heterocycles. The number of rotatable bonds is 4. The fourth-order valence-corrected chi connectivity index (χ4v) is 3.96. The summed E-state index contributed by atoms with van der Waals surface area (Å²) in [6.07, 6.45) is 0.484. The van der Waals surface area contributed by atoms with Crippen LogP contribution < -0.4 is 10.1 Å². The third-order valence-corrected chi connectivity index (χ3v) is 5.05. The second-order valence-electron chi connectivity index (χ2n) is 5.23. The smallest absolute Gasteiger partial charge is 0.258 e. The SMILES string of the molecule is Cc1ccc(OCC(=O)N[C@@H]2CCS(=O)(=O)C2)c(C)c1. The molecule has 0 aliphatic carbocycles. The molecular formula is C14H19NO4S. The summed E-state index contributed by atoms with van der Waals surface area (Å²) in [7, 11) is -2.98. The van der Waals surface area contributed by atoms with Crippen LogP contribution in [-0.2, 0) is 14.6 Å². The first-order valence-corrected chi connectivity index (χ1v) is 8.38. The van der Waals surface area contributed by atoms with Gasteiger partial charge in [-0.3, -0.25) is 4.79 Å². The maximum absolute atomic E-state index is 11.7. The number of sulfone groups is 1. The molecule has 0 unspecified atom stereocenters. The first kappa shape index (κ1) is 14.8. The molecule has 1 amide bonds. The van der Waals surface area contributed by atoms with Gasteiger partial charge in [0.2, 0.25) is 0 Å². The van der Waals surface area contributed by atoms with E-state index in [1.165, 1.54) is 0 Å². The minimum atomic E-state index is -2.98. The molecule has 20 heavy (non-hydrogen) atoms. The highest BCUT2D eigenvalue weighted by molar-refractivity contribution is 7.91. The van der Waals surface area contributed by atoms with Crippen molar-refractivity contribution in [2.24, 2.45) is 0 Å². The van der Waals surface area contributed by atoms with Crippen molar-refractivity contribution in [3.8, 4) is 5.75 Å². The summed E-state index contributed by atoms with van der Waals surface area (Å²) < 4.78 is 28.0. The van der Waals surface area contributed by atoms with Crippen LogP contribution in [0.25, 0.3) is 0 Å². The van der Waals surface area contributed by atoms with Crippen LogP contribution in [0.2, 0.25) is 0 Å². The number of benzene rings is 1. The summed E-state index contributed by atoms with van der Waals surface area (Å²) in [6, 6.07) is 5.45. The Morgan fingerprint density at radius 1 is 1.40 bits per heavy atom. The zero-order valence-electron chi connectivity index (χ0n) is 11.7. The Labute approximate surface area is 119 Å². The number of amides is 1. The zero-order valence-corrected chi connectivity index (χ0v) is 12.5. The van der Waals surface area contributed by atoms with Crippen molar-refractivity contribution in [1.82, 2.24) is 5.32 Å². The molecule has 5 nitrogen and oxygen atoms in total. The van der Waals surface area contributed by atoms with Crippen LogP contribution in [-0.4, -0.2) is 38.5 Å². The van der Waals surface area contributed by atoms with Gasteiger partial charge in [0, 0.05) is 6.04 Å². The average molecular weight is 297 g/mol. The summed E-state index contributed by atoms with van der Waals surface area (Å²) in [5.41, 5.74) is 2.11. The number of carbonyl (C=O) groups is 1. The third-order valence-electron chi connectivity index (χ3n) is 3.29. The van der Waals surface area contributed by atoms with Gasteiger partial charge in [-0.15, -0.1) is 0 Å². The predicted octanol–water partition coefficient (Wildman–Crippen LogP) is 0.986. The quantitative estimate of drug-likeness (QED) is 0.899. The van der Waals surface area contributed by atoms with Crippen molar-refractivity contribution in [2.75, 3.05) is 18.1 Å². The Balaban J connectivity index is 1.84. The van der Waals surface area contributed by atoms with E-state index in [0.717, 1.165) is 11.1 Å². The van der Waals surface area contributed by atoms with Crippen LogP contribution in [0, 0.1) is 13.8 Å². The first-order chi connectivity index (χ1) is 9.35. The van der Waals surface area contributed by atoms with Crippen molar-refractivity contribution in [1.29, 1.82) is 0 Å². The summed E-state index contributed by atoms with van der Waals surface area (Å²) >= 11 is 0. The zero-order chi connectivity index (χ0) is 14.8. The summed E-state index contributed by atoms with van der Waals surface area (Å²) in [4.78, 5) is 11.7. The Kier molecular flexibility index (Phi) is 4.32. The van der Waals surface area contributed by atoms with Crippen molar-refractivity contribution in [2.45, 2.75) is 26.3 Å². The van der Waals surface area contributed by atoms with Crippen molar-refractivity contribution in [3.63, 3.8) is 0 Å². The topological polar surface area (TPSA) is 72.5 Å². The van der Waals surface area contributed by atoms with Gasteiger partial charge in [-0.25, -0.2) is 8.42 Å². The number of ether oxygens (including phenoxy) is 1. The molecule has 110 valence electrons. The highest BCUT2D eigenvalue weighted by Crippen LogP contribution is 2.18. The lowest BCUT2D eigenvalue weighted by molar-refractivity contribution is -0.123. The van der Waals surface area contributed by atoms with Crippen molar-refractivity contribution in [3.05, 3.63) is 29.3 Å². The number of hydrogen-bond donors (Lipinski definition) is 1. The molecule has 1 saturated heterocycles. The molecule has 1 aliphatic heterocycles. The molecule has 1 heterocycles. The highest BCUT2D eigenvalue weighted by atomic mass is 32.2. The van der Waals surface area contributed by atoms with Gasteiger partial charge in [0.25, 0.3) is 5.91 Å². The number of carbonyl (C=O) groups excluding carboxylic acids is 1. The molecule has 1 fully saturated rings. The molecule has 1 atom stereocenters. The van der Waals surface area contributed by atoms with E-state index in [1.54, 1.807) is 0 Å². The van der Waals surface area contributed by atoms with Gasteiger partial charge >= 0.3 is 0 Å². The molecule has 0 radical (unpaired) electrons. The van der Waals surface area contributed by atoms with Crippen LogP contribution in [0.15, 0.2) is 18.2 Å². The van der Waals surface area contributed by atoms with E-state index in [1.807, 2.05) is 32.0 Å². The minimum Gasteiger partial charge on any atom is -0.484 e. The summed E-state index contributed by atoms with van der Waals surface area (Å²) in [5, 5.41) is 2.69. The summed E-state index contributed by atoms with van der Waals surface area (Å²) in [6.45, 7) is 3.81. The van der Waals surface area contributed by atoms with Crippen LogP contribution in [0.4, 0.5) is 0 Å². The third kappa shape index (κ3) is 3.96. The van der Waals surface area contributed by atoms with Crippen LogP contribution in [0.3, 0.4) is 0 Å². The normalized spacial score (nSPS) is 20.6. The van der Waals surface area contributed by atoms with E-state index in [2.05, 4.69) is 5.32 Å². The molecule has 0 spiro atoms. The monoisotopic (exact) mass is 297 g/mol. The largest absolute Gasteiger partial charge is 0.484 e. The van der Waals surface area contributed by atoms with Gasteiger partial charge in [0.05, 0.1) is 11.5 Å².